The Morgan fingerprint density at radius 2 is 0.672 bits per heavy atom. The highest BCUT2D eigenvalue weighted by Crippen LogP contribution is 2.27. The summed E-state index contributed by atoms with van der Waals surface area (Å²) in [5.41, 5.74) is 9.07. The Morgan fingerprint density at radius 3 is 0.953 bits per heavy atom. The number of nitrogens with one attached hydrogen (secondary N) is 5. The predicted molar refractivity (Wildman–Crippen MR) is 208 cm³/mol. The molecule has 6 heterocycles. The number of carbonyl (C=O) groups is 6. The second kappa shape index (κ2) is 22.2. The summed E-state index contributed by atoms with van der Waals surface area (Å²) in [5.74, 6) is -4.36. The second-order valence-electron chi connectivity index (χ2n) is 15.6. The number of methoxy groups -OCH3 is 7. The van der Waals surface area contributed by atoms with E-state index >= 15 is 0 Å². The molecule has 358 valence electrons. The van der Waals surface area contributed by atoms with E-state index in [4.69, 9.17) is 67.1 Å². The van der Waals surface area contributed by atoms with Crippen LogP contribution in [-0.4, -0.2) is 234 Å². The van der Waals surface area contributed by atoms with Crippen molar-refractivity contribution >= 4 is 35.5 Å². The van der Waals surface area contributed by atoms with E-state index in [1.807, 2.05) is 0 Å². The van der Waals surface area contributed by atoms with Crippen molar-refractivity contribution in [2.75, 3.05) is 89.4 Å². The van der Waals surface area contributed by atoms with Crippen LogP contribution in [0.4, 0.5) is 0 Å². The fraction of sp³-hybridized carbons (Fsp3) is 0.838. The van der Waals surface area contributed by atoms with Crippen molar-refractivity contribution in [3.8, 4) is 0 Å². The number of amides is 5. The molecular weight excluding hydrogens is 860 g/mol. The van der Waals surface area contributed by atoms with E-state index in [0.717, 1.165) is 0 Å². The third-order valence-corrected chi connectivity index (χ3v) is 12.2. The van der Waals surface area contributed by atoms with E-state index in [-0.39, 0.29) is 39.6 Å². The molecule has 27 nitrogen and oxygen atoms in total. The van der Waals surface area contributed by atoms with Crippen molar-refractivity contribution in [1.29, 1.82) is 0 Å². The Kier molecular flexibility index (Phi) is 17.0. The van der Waals surface area contributed by atoms with Crippen LogP contribution in [0.1, 0.15) is 0 Å². The minimum absolute atomic E-state index is 0.00476. The zero-order valence-electron chi connectivity index (χ0n) is 36.2. The van der Waals surface area contributed by atoms with E-state index < -0.39 is 145 Å². The van der Waals surface area contributed by atoms with E-state index in [2.05, 4.69) is 36.6 Å². The fourth-order valence-corrected chi connectivity index (χ4v) is 8.66. The maximum atomic E-state index is 14.1. The lowest BCUT2D eigenvalue weighted by Gasteiger charge is -2.30. The van der Waals surface area contributed by atoms with Crippen LogP contribution in [0.2, 0.25) is 0 Å². The molecule has 0 spiro atoms. The number of ether oxygens (including phenoxy) is 13. The van der Waals surface area contributed by atoms with Crippen LogP contribution in [0, 0.1) is 0 Å². The first-order chi connectivity index (χ1) is 30.9. The van der Waals surface area contributed by atoms with Crippen molar-refractivity contribution < 1.29 is 90.3 Å². The van der Waals surface area contributed by atoms with Gasteiger partial charge in [0.25, 0.3) is 23.6 Å². The highest BCUT2D eigenvalue weighted by atomic mass is 16.6. The average molecular weight is 917 g/mol. The number of azide groups is 1. The van der Waals surface area contributed by atoms with E-state index in [0.29, 0.717) is 0 Å². The van der Waals surface area contributed by atoms with Crippen LogP contribution in [0.3, 0.4) is 0 Å². The third kappa shape index (κ3) is 10.2. The second-order valence-corrected chi connectivity index (χ2v) is 15.6. The molecule has 18 atom stereocenters. The number of nitrogens with zero attached hydrogens (tertiary/aromatic N) is 3. The number of esters is 1. The standard InChI is InChI=1S/C37H56N8O19/c1-52-14-8-60-27(33(47)41-22-16(54-3)10-62-29(22)35(49)43-24-18(56-5)12-64-31(24)37(51)58-7)20(14)39-32(46)26-21(15(53-2)9-59-26)40-34(48)28-23(17(55-4)11-61-28)42-36(50)30-25(44-45-38)19(57-6)13-63-30/h14-31H,8-13H2,1-7H3,(H,39,46)(H,40,48)(H,41,47)(H,42,50)(H,43,49)/t14-,15-,16-,17-,18-,19-,20-,21-,22-,23-,24-,25-,26+,27+,28+,29+,30+,31+/m0/s1. The first-order valence-corrected chi connectivity index (χ1v) is 20.4. The van der Waals surface area contributed by atoms with Gasteiger partial charge >= 0.3 is 5.97 Å². The molecule has 0 saturated carbocycles. The van der Waals surface area contributed by atoms with Gasteiger partial charge in [-0.2, -0.15) is 0 Å². The summed E-state index contributed by atoms with van der Waals surface area (Å²) in [7, 11) is 9.46. The normalized spacial score (nSPS) is 39.2. The smallest absolute Gasteiger partial charge is 0.337 e. The van der Waals surface area contributed by atoms with Gasteiger partial charge in [-0.3, -0.25) is 24.0 Å². The van der Waals surface area contributed by atoms with Gasteiger partial charge in [-0.15, -0.1) is 0 Å². The number of hydrogen-bond donors (Lipinski definition) is 5. The lowest BCUT2D eigenvalue weighted by atomic mass is 10.0. The Bertz CT molecular complexity index is 1740. The van der Waals surface area contributed by atoms with Crippen LogP contribution >= 0.6 is 0 Å². The molecule has 6 aliphatic heterocycles. The minimum atomic E-state index is -1.37. The van der Waals surface area contributed by atoms with Gasteiger partial charge in [-0.25, -0.2) is 4.79 Å². The maximum absolute atomic E-state index is 14.1. The molecule has 6 aliphatic rings. The van der Waals surface area contributed by atoms with Crippen molar-refractivity contribution in [3.05, 3.63) is 10.4 Å². The zero-order valence-corrected chi connectivity index (χ0v) is 36.2. The van der Waals surface area contributed by atoms with Crippen molar-refractivity contribution in [2.45, 2.75) is 109 Å². The van der Waals surface area contributed by atoms with Crippen molar-refractivity contribution in [2.24, 2.45) is 5.11 Å². The van der Waals surface area contributed by atoms with Gasteiger partial charge in [-0.05, 0) is 5.53 Å². The summed E-state index contributed by atoms with van der Waals surface area (Å²) in [6.07, 6.45) is -12.4. The fourth-order valence-electron chi connectivity index (χ4n) is 8.66. The van der Waals surface area contributed by atoms with Crippen LogP contribution in [0.15, 0.2) is 5.11 Å². The molecule has 0 unspecified atom stereocenters. The molecular formula is C37H56N8O19. The molecule has 5 amide bonds. The summed E-state index contributed by atoms with van der Waals surface area (Å²) < 4.78 is 72.0. The first kappa shape index (κ1) is 49.1. The molecule has 5 N–H and O–H groups in total. The van der Waals surface area contributed by atoms with Gasteiger partial charge in [0.1, 0.15) is 42.7 Å². The average Bonchev–Trinajstić information content (AvgIpc) is 4.16. The van der Waals surface area contributed by atoms with Gasteiger partial charge in [0.15, 0.2) is 30.5 Å². The van der Waals surface area contributed by atoms with Gasteiger partial charge in [-0.1, -0.05) is 5.11 Å². The first-order valence-electron chi connectivity index (χ1n) is 20.4. The summed E-state index contributed by atoms with van der Waals surface area (Å²) in [5, 5.41) is 17.4. The summed E-state index contributed by atoms with van der Waals surface area (Å²) in [6.45, 7) is -0.412. The molecule has 6 saturated heterocycles. The Morgan fingerprint density at radius 1 is 0.422 bits per heavy atom. The lowest BCUT2D eigenvalue weighted by Crippen LogP contribution is -2.62. The number of rotatable bonds is 18. The van der Waals surface area contributed by atoms with Crippen LogP contribution in [0.5, 0.6) is 0 Å². The van der Waals surface area contributed by atoms with Crippen LogP contribution in [0.25, 0.3) is 10.4 Å². The molecule has 64 heavy (non-hydrogen) atoms. The van der Waals surface area contributed by atoms with E-state index in [1.165, 1.54) is 49.8 Å². The molecule has 0 aliphatic carbocycles. The molecule has 0 aromatic heterocycles. The maximum Gasteiger partial charge on any atom is 0.337 e. The van der Waals surface area contributed by atoms with Crippen LogP contribution in [-0.2, 0) is 90.3 Å². The summed E-state index contributed by atoms with van der Waals surface area (Å²) in [4.78, 5) is 84.4. The highest BCUT2D eigenvalue weighted by molar-refractivity contribution is 5.90. The van der Waals surface area contributed by atoms with Gasteiger partial charge in [0.05, 0.1) is 83.1 Å². The SMILES string of the molecule is COC(=O)[C@@H]1OC[C@H](OC)[C@@H]1NC(=O)[C@@H]1OC[C@H](OC)[C@@H]1NC(=O)[C@@H]1OC[C@H](OC)[C@@H]1NC(=O)[C@@H]1OC[C@H](OC)[C@@H]1NC(=O)[C@@H]1OC[C@H](OC)[C@@H]1NC(=O)[C@@H]1OC[C@H](OC)[C@@H]1N=[N+]=[N-]. The lowest BCUT2D eigenvalue weighted by molar-refractivity contribution is -0.152. The monoisotopic (exact) mass is 916 g/mol. The zero-order chi connectivity index (χ0) is 46.2. The molecule has 6 fully saturated rings. The Labute approximate surface area is 366 Å². The van der Waals surface area contributed by atoms with Crippen molar-refractivity contribution in [3.63, 3.8) is 0 Å². The van der Waals surface area contributed by atoms with Crippen LogP contribution < -0.4 is 26.6 Å². The van der Waals surface area contributed by atoms with Gasteiger partial charge in [0, 0.05) is 47.6 Å². The molecule has 0 radical (unpaired) electrons. The molecule has 0 aromatic rings. The summed E-state index contributed by atoms with van der Waals surface area (Å²) >= 11 is 0. The number of hydrogen-bond acceptors (Lipinski definition) is 20. The molecule has 6 rings (SSSR count). The summed E-state index contributed by atoms with van der Waals surface area (Å²) in [6, 6.07) is -6.26. The number of carbonyl (C=O) groups excluding carboxylic acids is 6. The highest BCUT2D eigenvalue weighted by Gasteiger charge is 2.53. The minimum Gasteiger partial charge on any atom is -0.467 e. The Hall–Kier alpha value is -4.35. The van der Waals surface area contributed by atoms with E-state index in [1.54, 1.807) is 0 Å². The van der Waals surface area contributed by atoms with E-state index in [9.17, 15) is 28.8 Å². The molecule has 0 aromatic carbocycles. The van der Waals surface area contributed by atoms with Gasteiger partial charge < -0.3 is 88.2 Å². The molecule has 27 heteroatoms. The largest absolute Gasteiger partial charge is 0.467 e. The van der Waals surface area contributed by atoms with Gasteiger partial charge in [0.2, 0.25) is 5.91 Å². The third-order valence-electron chi connectivity index (χ3n) is 12.2. The quantitative estimate of drug-likeness (QED) is 0.0371. The van der Waals surface area contributed by atoms with Crippen molar-refractivity contribution in [1.82, 2.24) is 26.6 Å². The topological polar surface area (TPSA) is 331 Å². The Balaban J connectivity index is 1.12. The predicted octanol–water partition coefficient (Wildman–Crippen LogP) is -5.25. The molecule has 0 bridgehead atoms.